The van der Waals surface area contributed by atoms with Gasteiger partial charge in [0, 0.05) is 19.1 Å². The van der Waals surface area contributed by atoms with Gasteiger partial charge in [-0.3, -0.25) is 4.90 Å². The highest BCUT2D eigenvalue weighted by atomic mass is 16.5. The monoisotopic (exact) mass is 296 g/mol. The molecule has 0 radical (unpaired) electrons. The Kier molecular flexibility index (Phi) is 6.22. The van der Waals surface area contributed by atoms with E-state index in [1.165, 1.54) is 12.7 Å². The van der Waals surface area contributed by atoms with E-state index in [9.17, 15) is 9.90 Å². The second-order valence-corrected chi connectivity index (χ2v) is 5.23. The summed E-state index contributed by atoms with van der Waals surface area (Å²) >= 11 is 0. The molecule has 2 N–H and O–H groups in total. The van der Waals surface area contributed by atoms with Gasteiger partial charge >= 0.3 is 5.97 Å². The largest absolute Gasteiger partial charge is 0.467 e. The van der Waals surface area contributed by atoms with Crippen molar-refractivity contribution in [3.8, 4) is 0 Å². The lowest BCUT2D eigenvalue weighted by Crippen LogP contribution is -2.38. The van der Waals surface area contributed by atoms with Gasteiger partial charge in [-0.1, -0.05) is 0 Å². The zero-order valence-electron chi connectivity index (χ0n) is 12.5. The molecule has 1 aliphatic heterocycles. The molecular formula is C15H24N2O4. The first-order valence-electron chi connectivity index (χ1n) is 7.54. The molecule has 6 nitrogen and oxygen atoms in total. The number of aliphatic hydroxyl groups is 1. The number of carbonyl (C=O) groups excluding carboxylic acids is 1. The third kappa shape index (κ3) is 4.56. The van der Waals surface area contributed by atoms with E-state index in [1.54, 1.807) is 13.0 Å². The normalized spacial score (nSPS) is 18.3. The van der Waals surface area contributed by atoms with Gasteiger partial charge in [0.25, 0.3) is 0 Å². The summed E-state index contributed by atoms with van der Waals surface area (Å²) in [6.45, 7) is 5.15. The number of nitrogens with zero attached hydrogens (tertiary/aromatic N) is 1. The van der Waals surface area contributed by atoms with Crippen molar-refractivity contribution < 1.29 is 19.1 Å². The van der Waals surface area contributed by atoms with E-state index in [4.69, 9.17) is 9.15 Å². The molecule has 1 aromatic heterocycles. The molecule has 0 aliphatic carbocycles. The van der Waals surface area contributed by atoms with Crippen LogP contribution in [0.25, 0.3) is 0 Å². The highest BCUT2D eigenvalue weighted by Crippen LogP contribution is 2.16. The second-order valence-electron chi connectivity index (χ2n) is 5.23. The van der Waals surface area contributed by atoms with Crippen LogP contribution in [0.2, 0.25) is 0 Å². The van der Waals surface area contributed by atoms with Crippen LogP contribution in [-0.4, -0.2) is 54.9 Å². The molecule has 0 bridgehead atoms. The van der Waals surface area contributed by atoms with Gasteiger partial charge in [0.05, 0.1) is 26.0 Å². The van der Waals surface area contributed by atoms with E-state index in [0.29, 0.717) is 37.1 Å². The average molecular weight is 296 g/mol. The molecule has 0 saturated carbocycles. The quantitative estimate of drug-likeness (QED) is 0.697. The molecule has 1 aliphatic rings. The molecule has 21 heavy (non-hydrogen) atoms. The van der Waals surface area contributed by atoms with Crippen molar-refractivity contribution in [1.82, 2.24) is 10.2 Å². The number of esters is 1. The van der Waals surface area contributed by atoms with E-state index in [2.05, 4.69) is 10.2 Å². The van der Waals surface area contributed by atoms with Gasteiger partial charge < -0.3 is 19.6 Å². The Morgan fingerprint density at radius 3 is 3.14 bits per heavy atom. The number of carbonyl (C=O) groups is 1. The predicted octanol–water partition coefficient (Wildman–Crippen LogP) is 1.00. The van der Waals surface area contributed by atoms with Crippen LogP contribution >= 0.6 is 0 Å². The zero-order chi connectivity index (χ0) is 15.1. The topological polar surface area (TPSA) is 74.9 Å². The number of aliphatic hydroxyl groups excluding tert-OH is 1. The first-order chi connectivity index (χ1) is 10.2. The lowest BCUT2D eigenvalue weighted by atomic mass is 10.2. The maximum atomic E-state index is 11.8. The fourth-order valence-electron chi connectivity index (χ4n) is 2.66. The Balaban J connectivity index is 1.99. The summed E-state index contributed by atoms with van der Waals surface area (Å²) in [6, 6.07) is 2.08. The standard InChI is InChI=1S/C15H24N2O4/c1-2-20-15(19)13-5-9-21-14(13)11-17(7-8-18)10-12-4-3-6-16-12/h5,9,12,16,18H,2-4,6-8,10-11H2,1H3. The molecule has 0 spiro atoms. The number of rotatable bonds is 8. The molecule has 1 saturated heterocycles. The zero-order valence-corrected chi connectivity index (χ0v) is 12.5. The number of hydrogen-bond acceptors (Lipinski definition) is 6. The molecule has 2 rings (SSSR count). The fourth-order valence-corrected chi connectivity index (χ4v) is 2.66. The third-order valence-electron chi connectivity index (χ3n) is 3.67. The van der Waals surface area contributed by atoms with E-state index < -0.39 is 0 Å². The van der Waals surface area contributed by atoms with Crippen LogP contribution < -0.4 is 5.32 Å². The number of ether oxygens (including phenoxy) is 1. The molecule has 0 amide bonds. The number of nitrogens with one attached hydrogen (secondary N) is 1. The summed E-state index contributed by atoms with van der Waals surface area (Å²) in [5.41, 5.74) is 0.471. The SMILES string of the molecule is CCOC(=O)c1ccoc1CN(CCO)CC1CCCN1. The van der Waals surface area contributed by atoms with Gasteiger partial charge in [-0.25, -0.2) is 4.79 Å². The average Bonchev–Trinajstić information content (AvgIpc) is 3.11. The van der Waals surface area contributed by atoms with E-state index in [-0.39, 0.29) is 12.6 Å². The van der Waals surface area contributed by atoms with Crippen molar-refractivity contribution in [3.05, 3.63) is 23.7 Å². The first kappa shape index (κ1) is 16.0. The molecule has 1 aromatic rings. The summed E-state index contributed by atoms with van der Waals surface area (Å²) in [6.07, 6.45) is 3.84. The third-order valence-corrected chi connectivity index (χ3v) is 3.67. The molecular weight excluding hydrogens is 272 g/mol. The van der Waals surface area contributed by atoms with Gasteiger partial charge in [0.1, 0.15) is 11.3 Å². The minimum absolute atomic E-state index is 0.0855. The maximum absolute atomic E-state index is 11.8. The second kappa shape index (κ2) is 8.17. The highest BCUT2D eigenvalue weighted by molar-refractivity contribution is 5.90. The molecule has 0 aromatic carbocycles. The lowest BCUT2D eigenvalue weighted by molar-refractivity contribution is 0.0521. The van der Waals surface area contributed by atoms with Crippen molar-refractivity contribution in [2.75, 3.05) is 32.8 Å². The van der Waals surface area contributed by atoms with Gasteiger partial charge in [-0.2, -0.15) is 0 Å². The van der Waals surface area contributed by atoms with Crippen LogP contribution in [-0.2, 0) is 11.3 Å². The first-order valence-corrected chi connectivity index (χ1v) is 7.54. The van der Waals surface area contributed by atoms with Gasteiger partial charge in [0.15, 0.2) is 0 Å². The molecule has 1 fully saturated rings. The highest BCUT2D eigenvalue weighted by Gasteiger charge is 2.21. The van der Waals surface area contributed by atoms with Gasteiger partial charge in [-0.15, -0.1) is 0 Å². The Morgan fingerprint density at radius 1 is 1.62 bits per heavy atom. The fraction of sp³-hybridized carbons (Fsp3) is 0.667. The number of furan rings is 1. The molecule has 118 valence electrons. The molecule has 6 heteroatoms. The minimum Gasteiger partial charge on any atom is -0.467 e. The van der Waals surface area contributed by atoms with Gasteiger partial charge in [0.2, 0.25) is 0 Å². The van der Waals surface area contributed by atoms with Crippen molar-refractivity contribution in [2.24, 2.45) is 0 Å². The lowest BCUT2D eigenvalue weighted by Gasteiger charge is -2.24. The summed E-state index contributed by atoms with van der Waals surface area (Å²) in [5, 5.41) is 12.7. The van der Waals surface area contributed by atoms with E-state index in [0.717, 1.165) is 19.5 Å². The summed E-state index contributed by atoms with van der Waals surface area (Å²) < 4.78 is 10.5. The minimum atomic E-state index is -0.357. The van der Waals surface area contributed by atoms with Gasteiger partial charge in [-0.05, 0) is 32.4 Å². The van der Waals surface area contributed by atoms with Crippen LogP contribution in [0.15, 0.2) is 16.7 Å². The smallest absolute Gasteiger partial charge is 0.341 e. The summed E-state index contributed by atoms with van der Waals surface area (Å²) in [4.78, 5) is 13.9. The van der Waals surface area contributed by atoms with Crippen LogP contribution in [0.1, 0.15) is 35.9 Å². The van der Waals surface area contributed by atoms with Crippen molar-refractivity contribution in [2.45, 2.75) is 32.4 Å². The maximum Gasteiger partial charge on any atom is 0.341 e. The Hall–Kier alpha value is -1.37. The van der Waals surface area contributed by atoms with Crippen LogP contribution in [0, 0.1) is 0 Å². The molecule has 1 unspecified atom stereocenters. The molecule has 2 heterocycles. The van der Waals surface area contributed by atoms with E-state index >= 15 is 0 Å². The van der Waals surface area contributed by atoms with Crippen molar-refractivity contribution in [3.63, 3.8) is 0 Å². The van der Waals surface area contributed by atoms with Crippen molar-refractivity contribution >= 4 is 5.97 Å². The summed E-state index contributed by atoms with van der Waals surface area (Å²) in [7, 11) is 0. The Bertz CT molecular complexity index is 441. The Morgan fingerprint density at radius 2 is 2.48 bits per heavy atom. The molecule has 1 atom stereocenters. The van der Waals surface area contributed by atoms with Crippen LogP contribution in [0.3, 0.4) is 0 Å². The Labute approximate surface area is 125 Å². The predicted molar refractivity (Wildman–Crippen MR) is 78.1 cm³/mol. The van der Waals surface area contributed by atoms with E-state index in [1.807, 2.05) is 0 Å². The summed E-state index contributed by atoms with van der Waals surface area (Å²) in [5.74, 6) is 0.240. The van der Waals surface area contributed by atoms with Crippen LogP contribution in [0.5, 0.6) is 0 Å². The van der Waals surface area contributed by atoms with Crippen LogP contribution in [0.4, 0.5) is 0 Å². The van der Waals surface area contributed by atoms with Crippen molar-refractivity contribution in [1.29, 1.82) is 0 Å². The number of hydrogen-bond donors (Lipinski definition) is 2.